The molecule has 0 atom stereocenters. The molecular formula is C23H22FN5O2. The number of rotatable bonds is 6. The third-order valence-electron chi connectivity index (χ3n) is 6.09. The molecule has 2 heterocycles. The Labute approximate surface area is 178 Å². The first-order valence-electron chi connectivity index (χ1n) is 10.3. The Morgan fingerprint density at radius 2 is 1.94 bits per heavy atom. The lowest BCUT2D eigenvalue weighted by Crippen LogP contribution is -2.56. The maximum atomic E-state index is 13.5. The number of primary amides is 1. The van der Waals surface area contributed by atoms with Crippen LogP contribution in [0.3, 0.4) is 0 Å². The topological polar surface area (TPSA) is 103 Å². The van der Waals surface area contributed by atoms with Crippen molar-refractivity contribution in [3.63, 3.8) is 0 Å². The zero-order chi connectivity index (χ0) is 21.4. The lowest BCUT2D eigenvalue weighted by Gasteiger charge is -2.57. The maximum absolute atomic E-state index is 13.5. The number of hydrogen-bond donors (Lipinski definition) is 2. The second kappa shape index (κ2) is 7.61. The molecule has 8 heteroatoms. The highest BCUT2D eigenvalue weighted by Crippen LogP contribution is 2.57. The lowest BCUT2D eigenvalue weighted by atomic mass is 9.53. The molecule has 2 aliphatic carbocycles. The van der Waals surface area contributed by atoms with E-state index in [2.05, 4.69) is 20.3 Å². The zero-order valence-corrected chi connectivity index (χ0v) is 16.8. The van der Waals surface area contributed by atoms with E-state index < -0.39 is 5.91 Å². The van der Waals surface area contributed by atoms with Gasteiger partial charge in [0.05, 0.1) is 0 Å². The summed E-state index contributed by atoms with van der Waals surface area (Å²) in [7, 11) is 0. The summed E-state index contributed by atoms with van der Waals surface area (Å²) in [6.45, 7) is 0. The Hall–Kier alpha value is -3.55. The molecule has 0 bridgehead atoms. The van der Waals surface area contributed by atoms with E-state index in [4.69, 9.17) is 10.5 Å². The standard InChI is InChI=1S/C23H22FN5O2/c24-15-4-1-3-14(9-15)21-26-8-6-19(29-21)28-16-10-23(11-16)12-17(13-23)31-22-18(20(25)30)5-2-7-27-22/h1-9,16-17H,10-13H2,(H2,25,30)(H,26,28,29). The van der Waals surface area contributed by atoms with Gasteiger partial charge in [-0.25, -0.2) is 19.3 Å². The summed E-state index contributed by atoms with van der Waals surface area (Å²) in [5, 5.41) is 3.46. The molecule has 158 valence electrons. The quantitative estimate of drug-likeness (QED) is 0.633. The first-order chi connectivity index (χ1) is 15.0. The van der Waals surface area contributed by atoms with Crippen LogP contribution in [-0.4, -0.2) is 33.0 Å². The number of pyridine rings is 1. The first kappa shape index (κ1) is 19.4. The number of anilines is 1. The number of amides is 1. The zero-order valence-electron chi connectivity index (χ0n) is 16.8. The summed E-state index contributed by atoms with van der Waals surface area (Å²) >= 11 is 0. The molecule has 2 aliphatic rings. The van der Waals surface area contributed by atoms with Crippen LogP contribution >= 0.6 is 0 Å². The van der Waals surface area contributed by atoms with Crippen molar-refractivity contribution in [2.75, 3.05) is 5.32 Å². The van der Waals surface area contributed by atoms with Gasteiger partial charge in [-0.3, -0.25) is 4.79 Å². The highest BCUT2D eigenvalue weighted by molar-refractivity contribution is 5.94. The molecule has 1 aromatic carbocycles. The molecular weight excluding hydrogens is 397 g/mol. The number of carbonyl (C=O) groups excluding carboxylic acids is 1. The molecule has 31 heavy (non-hydrogen) atoms. The number of benzene rings is 1. The van der Waals surface area contributed by atoms with E-state index in [9.17, 15) is 9.18 Å². The van der Waals surface area contributed by atoms with Crippen molar-refractivity contribution in [3.05, 3.63) is 66.2 Å². The highest BCUT2D eigenvalue weighted by atomic mass is 19.1. The monoisotopic (exact) mass is 419 g/mol. The third kappa shape index (κ3) is 3.93. The van der Waals surface area contributed by atoms with Gasteiger partial charge in [-0.1, -0.05) is 12.1 Å². The minimum absolute atomic E-state index is 0.0487. The van der Waals surface area contributed by atoms with Gasteiger partial charge < -0.3 is 15.8 Å². The Bertz CT molecular complexity index is 1120. The molecule has 1 spiro atoms. The summed E-state index contributed by atoms with van der Waals surface area (Å²) < 4.78 is 19.4. The van der Waals surface area contributed by atoms with Crippen LogP contribution in [0.2, 0.25) is 0 Å². The smallest absolute Gasteiger partial charge is 0.254 e. The average Bonchev–Trinajstić information content (AvgIpc) is 2.71. The summed E-state index contributed by atoms with van der Waals surface area (Å²) in [6.07, 6.45) is 7.23. The highest BCUT2D eigenvalue weighted by Gasteiger charge is 2.54. The van der Waals surface area contributed by atoms with E-state index in [1.54, 1.807) is 36.7 Å². The summed E-state index contributed by atoms with van der Waals surface area (Å²) in [5.74, 6) is 0.704. The van der Waals surface area contributed by atoms with Gasteiger partial charge in [0.25, 0.3) is 5.91 Å². The predicted molar refractivity (Wildman–Crippen MR) is 113 cm³/mol. The van der Waals surface area contributed by atoms with Crippen LogP contribution in [0.4, 0.5) is 10.2 Å². The number of halogens is 1. The van der Waals surface area contributed by atoms with Crippen molar-refractivity contribution in [2.24, 2.45) is 11.1 Å². The summed E-state index contributed by atoms with van der Waals surface area (Å²) in [6, 6.07) is 11.7. The number of aromatic nitrogens is 3. The fourth-order valence-electron chi connectivity index (χ4n) is 4.66. The van der Waals surface area contributed by atoms with Crippen LogP contribution in [0.1, 0.15) is 36.0 Å². The van der Waals surface area contributed by atoms with Gasteiger partial charge in [0.2, 0.25) is 5.88 Å². The number of nitrogens with two attached hydrogens (primary N) is 1. The van der Waals surface area contributed by atoms with E-state index >= 15 is 0 Å². The molecule has 2 saturated carbocycles. The van der Waals surface area contributed by atoms with Gasteiger partial charge in [-0.2, -0.15) is 0 Å². The fraction of sp³-hybridized carbons (Fsp3) is 0.304. The van der Waals surface area contributed by atoms with Crippen molar-refractivity contribution in [1.29, 1.82) is 0 Å². The third-order valence-corrected chi connectivity index (χ3v) is 6.09. The van der Waals surface area contributed by atoms with Crippen LogP contribution in [0.25, 0.3) is 11.4 Å². The summed E-state index contributed by atoms with van der Waals surface area (Å²) in [4.78, 5) is 24.4. The van der Waals surface area contributed by atoms with E-state index in [1.807, 2.05) is 6.07 Å². The van der Waals surface area contributed by atoms with Crippen LogP contribution in [0.5, 0.6) is 5.88 Å². The minimum Gasteiger partial charge on any atom is -0.474 e. The number of nitrogens with zero attached hydrogens (tertiary/aromatic N) is 3. The molecule has 2 aromatic heterocycles. The van der Waals surface area contributed by atoms with Gasteiger partial charge in [0.1, 0.15) is 23.3 Å². The Morgan fingerprint density at radius 1 is 1.10 bits per heavy atom. The normalized spacial score (nSPS) is 24.2. The second-order valence-electron chi connectivity index (χ2n) is 8.39. The largest absolute Gasteiger partial charge is 0.474 e. The van der Waals surface area contributed by atoms with Crippen molar-refractivity contribution < 1.29 is 13.9 Å². The van der Waals surface area contributed by atoms with Gasteiger partial charge in [0.15, 0.2) is 5.82 Å². The molecule has 0 saturated heterocycles. The van der Waals surface area contributed by atoms with Crippen LogP contribution < -0.4 is 15.8 Å². The van der Waals surface area contributed by atoms with Crippen molar-refractivity contribution in [3.8, 4) is 17.3 Å². The molecule has 0 unspecified atom stereocenters. The van der Waals surface area contributed by atoms with Crippen LogP contribution in [-0.2, 0) is 0 Å². The molecule has 0 radical (unpaired) electrons. The van der Waals surface area contributed by atoms with Crippen LogP contribution in [0, 0.1) is 11.2 Å². The Balaban J connectivity index is 1.15. The molecule has 3 N–H and O–H groups in total. The Morgan fingerprint density at radius 3 is 2.71 bits per heavy atom. The SMILES string of the molecule is NC(=O)c1cccnc1OC1CC2(CC(Nc3ccnc(-c4cccc(F)c4)n3)C2)C1. The van der Waals surface area contributed by atoms with E-state index in [1.165, 1.54) is 12.1 Å². The number of nitrogens with one attached hydrogen (secondary N) is 1. The Kier molecular flexibility index (Phi) is 4.77. The molecule has 7 nitrogen and oxygen atoms in total. The van der Waals surface area contributed by atoms with Gasteiger partial charge >= 0.3 is 0 Å². The molecule has 3 aromatic rings. The minimum atomic E-state index is -0.535. The molecule has 0 aliphatic heterocycles. The molecule has 1 amide bonds. The van der Waals surface area contributed by atoms with Crippen molar-refractivity contribution >= 4 is 11.7 Å². The van der Waals surface area contributed by atoms with E-state index in [0.717, 1.165) is 31.5 Å². The number of ether oxygens (including phenoxy) is 1. The number of carbonyl (C=O) groups is 1. The van der Waals surface area contributed by atoms with Gasteiger partial charge in [0, 0.05) is 24.0 Å². The van der Waals surface area contributed by atoms with Crippen molar-refractivity contribution in [1.82, 2.24) is 15.0 Å². The van der Waals surface area contributed by atoms with Crippen molar-refractivity contribution in [2.45, 2.75) is 37.8 Å². The maximum Gasteiger partial charge on any atom is 0.254 e. The van der Waals surface area contributed by atoms with E-state index in [0.29, 0.717) is 28.9 Å². The molecule has 2 fully saturated rings. The first-order valence-corrected chi connectivity index (χ1v) is 10.3. The number of hydrogen-bond acceptors (Lipinski definition) is 6. The predicted octanol–water partition coefficient (Wildman–Crippen LogP) is 3.58. The fourth-order valence-corrected chi connectivity index (χ4v) is 4.66. The van der Waals surface area contributed by atoms with Crippen LogP contribution in [0.15, 0.2) is 54.9 Å². The summed E-state index contributed by atoms with van der Waals surface area (Å²) in [5.41, 5.74) is 6.62. The van der Waals surface area contributed by atoms with Gasteiger partial charge in [-0.15, -0.1) is 0 Å². The molecule has 5 rings (SSSR count). The average molecular weight is 419 g/mol. The van der Waals surface area contributed by atoms with Gasteiger partial charge in [-0.05, 0) is 61.4 Å². The van der Waals surface area contributed by atoms with E-state index in [-0.39, 0.29) is 17.3 Å². The second-order valence-corrected chi connectivity index (χ2v) is 8.39. The lowest BCUT2D eigenvalue weighted by molar-refractivity contribution is -0.0759.